The normalized spacial score (nSPS) is 23.0. The standard InChI is InChI=1S/C15H24N2O5/c1-8-4-9-5-10(16)2-3-11(9)17(8)6-12(19)14(21)15(22)13(20)7-18/h2-3,5,8,12-15,18-22H,4,6-7,16H2,1H3. The summed E-state index contributed by atoms with van der Waals surface area (Å²) in [5.41, 5.74) is 8.45. The van der Waals surface area contributed by atoms with Crippen molar-refractivity contribution in [2.45, 2.75) is 43.8 Å². The first kappa shape index (κ1) is 17.0. The van der Waals surface area contributed by atoms with Crippen LogP contribution in [-0.4, -0.2) is 69.1 Å². The molecule has 0 bridgehead atoms. The quantitative estimate of drug-likeness (QED) is 0.351. The van der Waals surface area contributed by atoms with E-state index < -0.39 is 31.0 Å². The number of nitrogen functional groups attached to an aromatic ring is 1. The number of aliphatic hydroxyl groups is 5. The van der Waals surface area contributed by atoms with Crippen molar-refractivity contribution in [1.82, 2.24) is 0 Å². The predicted molar refractivity (Wildman–Crippen MR) is 82.5 cm³/mol. The highest BCUT2D eigenvalue weighted by molar-refractivity contribution is 5.64. The summed E-state index contributed by atoms with van der Waals surface area (Å²) in [5, 5.41) is 47.8. The zero-order valence-electron chi connectivity index (χ0n) is 12.5. The Bertz CT molecular complexity index is 513. The number of nitrogens with zero attached hydrogens (tertiary/aromatic N) is 1. The average molecular weight is 312 g/mol. The van der Waals surface area contributed by atoms with Gasteiger partial charge in [-0.15, -0.1) is 0 Å². The molecule has 1 aliphatic heterocycles. The first-order chi connectivity index (χ1) is 10.3. The van der Waals surface area contributed by atoms with Crippen LogP contribution < -0.4 is 10.6 Å². The minimum atomic E-state index is -1.61. The molecule has 5 atom stereocenters. The second kappa shape index (κ2) is 6.80. The zero-order chi connectivity index (χ0) is 16.4. The molecule has 0 aliphatic carbocycles. The Balaban J connectivity index is 2.07. The van der Waals surface area contributed by atoms with E-state index in [4.69, 9.17) is 10.8 Å². The summed E-state index contributed by atoms with van der Waals surface area (Å²) in [6.07, 6.45) is -5.13. The molecule has 0 radical (unpaired) electrons. The lowest BCUT2D eigenvalue weighted by Crippen LogP contribution is -2.50. The van der Waals surface area contributed by atoms with E-state index in [2.05, 4.69) is 0 Å². The van der Waals surface area contributed by atoms with Crippen molar-refractivity contribution in [3.05, 3.63) is 23.8 Å². The topological polar surface area (TPSA) is 130 Å². The molecule has 7 nitrogen and oxygen atoms in total. The van der Waals surface area contributed by atoms with Crippen molar-refractivity contribution >= 4 is 11.4 Å². The molecule has 1 aromatic rings. The zero-order valence-corrected chi connectivity index (χ0v) is 12.5. The van der Waals surface area contributed by atoms with Crippen LogP contribution in [0.4, 0.5) is 11.4 Å². The van der Waals surface area contributed by atoms with Crippen molar-refractivity contribution in [3.63, 3.8) is 0 Å². The SMILES string of the molecule is CC1Cc2cc(N)ccc2N1CC(O)C(O)C(O)C(O)CO. The van der Waals surface area contributed by atoms with Gasteiger partial charge in [0.1, 0.15) is 18.3 Å². The smallest absolute Gasteiger partial charge is 0.111 e. The van der Waals surface area contributed by atoms with Crippen molar-refractivity contribution < 1.29 is 25.5 Å². The fourth-order valence-corrected chi connectivity index (χ4v) is 2.87. The molecule has 1 heterocycles. The van der Waals surface area contributed by atoms with Crippen molar-refractivity contribution in [3.8, 4) is 0 Å². The molecular weight excluding hydrogens is 288 g/mol. The lowest BCUT2D eigenvalue weighted by molar-refractivity contribution is -0.112. The van der Waals surface area contributed by atoms with Crippen molar-refractivity contribution in [2.24, 2.45) is 0 Å². The van der Waals surface area contributed by atoms with Gasteiger partial charge in [-0.3, -0.25) is 0 Å². The first-order valence-electron chi connectivity index (χ1n) is 7.33. The Morgan fingerprint density at radius 1 is 1.18 bits per heavy atom. The molecule has 7 N–H and O–H groups in total. The highest BCUT2D eigenvalue weighted by atomic mass is 16.4. The summed E-state index contributed by atoms with van der Waals surface area (Å²) < 4.78 is 0. The van der Waals surface area contributed by atoms with Gasteiger partial charge in [-0.25, -0.2) is 0 Å². The van der Waals surface area contributed by atoms with Gasteiger partial charge < -0.3 is 36.2 Å². The van der Waals surface area contributed by atoms with Gasteiger partial charge >= 0.3 is 0 Å². The molecule has 5 unspecified atom stereocenters. The molecule has 0 spiro atoms. The van der Waals surface area contributed by atoms with Crippen LogP contribution in [0.15, 0.2) is 18.2 Å². The van der Waals surface area contributed by atoms with Crippen LogP contribution >= 0.6 is 0 Å². The predicted octanol–water partition coefficient (Wildman–Crippen LogP) is -1.54. The number of β-amino-alcohol motifs (C(OH)–C–C–N with tert-alkyl or cyclic N) is 1. The second-order valence-electron chi connectivity index (χ2n) is 5.89. The minimum Gasteiger partial charge on any atom is -0.399 e. The third kappa shape index (κ3) is 3.34. The molecule has 0 saturated carbocycles. The minimum absolute atomic E-state index is 0.106. The summed E-state index contributed by atoms with van der Waals surface area (Å²) in [5.74, 6) is 0. The molecule has 0 aromatic heterocycles. The van der Waals surface area contributed by atoms with Crippen LogP contribution in [0.1, 0.15) is 12.5 Å². The summed E-state index contributed by atoms with van der Waals surface area (Å²) in [4.78, 5) is 1.93. The summed E-state index contributed by atoms with van der Waals surface area (Å²) in [6.45, 7) is 1.41. The largest absolute Gasteiger partial charge is 0.399 e. The average Bonchev–Trinajstić information content (AvgIpc) is 2.79. The Morgan fingerprint density at radius 2 is 1.82 bits per heavy atom. The van der Waals surface area contributed by atoms with Gasteiger partial charge in [0, 0.05) is 24.0 Å². The molecule has 0 fully saturated rings. The number of aliphatic hydroxyl groups excluding tert-OH is 5. The van der Waals surface area contributed by atoms with Gasteiger partial charge in [-0.05, 0) is 37.1 Å². The highest BCUT2D eigenvalue weighted by Gasteiger charge is 2.34. The number of rotatable bonds is 6. The maximum absolute atomic E-state index is 10.1. The van der Waals surface area contributed by atoms with Crippen LogP contribution in [-0.2, 0) is 6.42 Å². The lowest BCUT2D eigenvalue weighted by atomic mass is 10.0. The molecule has 124 valence electrons. The molecule has 1 aromatic carbocycles. The monoisotopic (exact) mass is 312 g/mol. The third-order valence-electron chi connectivity index (χ3n) is 4.17. The van der Waals surface area contributed by atoms with Gasteiger partial charge in [0.05, 0.1) is 12.7 Å². The van der Waals surface area contributed by atoms with E-state index >= 15 is 0 Å². The highest BCUT2D eigenvalue weighted by Crippen LogP contribution is 2.33. The number of benzene rings is 1. The molecule has 22 heavy (non-hydrogen) atoms. The van der Waals surface area contributed by atoms with E-state index in [1.807, 2.05) is 24.0 Å². The Kier molecular flexibility index (Phi) is 5.25. The van der Waals surface area contributed by atoms with Crippen LogP contribution in [0.25, 0.3) is 0 Å². The number of anilines is 2. The Hall–Kier alpha value is -1.38. The van der Waals surface area contributed by atoms with Crippen LogP contribution in [0.5, 0.6) is 0 Å². The molecule has 7 heteroatoms. The molecule has 2 rings (SSSR count). The fourth-order valence-electron chi connectivity index (χ4n) is 2.87. The van der Waals surface area contributed by atoms with Crippen LogP contribution in [0.2, 0.25) is 0 Å². The van der Waals surface area contributed by atoms with Crippen LogP contribution in [0, 0.1) is 0 Å². The molecular formula is C15H24N2O5. The van der Waals surface area contributed by atoms with E-state index in [0.29, 0.717) is 5.69 Å². The maximum atomic E-state index is 10.1. The molecule has 0 amide bonds. The van der Waals surface area contributed by atoms with Gasteiger partial charge in [0.2, 0.25) is 0 Å². The van der Waals surface area contributed by atoms with Crippen LogP contribution in [0.3, 0.4) is 0 Å². The second-order valence-corrected chi connectivity index (χ2v) is 5.89. The summed E-state index contributed by atoms with van der Waals surface area (Å²) in [7, 11) is 0. The van der Waals surface area contributed by atoms with Gasteiger partial charge in [0.25, 0.3) is 0 Å². The van der Waals surface area contributed by atoms with E-state index in [1.165, 1.54) is 0 Å². The van der Waals surface area contributed by atoms with E-state index in [-0.39, 0.29) is 12.6 Å². The van der Waals surface area contributed by atoms with Crippen molar-refractivity contribution in [1.29, 1.82) is 0 Å². The number of hydrogen-bond donors (Lipinski definition) is 6. The van der Waals surface area contributed by atoms with E-state index in [9.17, 15) is 20.4 Å². The van der Waals surface area contributed by atoms with Gasteiger partial charge in [0.15, 0.2) is 0 Å². The Morgan fingerprint density at radius 3 is 2.45 bits per heavy atom. The Labute approximate surface area is 129 Å². The first-order valence-corrected chi connectivity index (χ1v) is 7.33. The number of nitrogens with two attached hydrogens (primary N) is 1. The number of hydrogen-bond acceptors (Lipinski definition) is 7. The van der Waals surface area contributed by atoms with Gasteiger partial charge in [-0.1, -0.05) is 0 Å². The van der Waals surface area contributed by atoms with E-state index in [1.54, 1.807) is 6.07 Å². The summed E-state index contributed by atoms with van der Waals surface area (Å²) in [6, 6.07) is 5.65. The van der Waals surface area contributed by atoms with E-state index in [0.717, 1.165) is 17.7 Å². The maximum Gasteiger partial charge on any atom is 0.111 e. The number of fused-ring (bicyclic) bond motifs is 1. The molecule has 1 aliphatic rings. The third-order valence-corrected chi connectivity index (χ3v) is 4.17. The van der Waals surface area contributed by atoms with Gasteiger partial charge in [-0.2, -0.15) is 0 Å². The summed E-state index contributed by atoms with van der Waals surface area (Å²) >= 11 is 0. The fraction of sp³-hybridized carbons (Fsp3) is 0.600. The van der Waals surface area contributed by atoms with Crippen molar-refractivity contribution in [2.75, 3.05) is 23.8 Å². The molecule has 0 saturated heterocycles. The lowest BCUT2D eigenvalue weighted by Gasteiger charge is -2.32.